The van der Waals surface area contributed by atoms with Crippen molar-refractivity contribution in [2.75, 3.05) is 22.1 Å². The lowest BCUT2D eigenvalue weighted by Gasteiger charge is -2.41. The van der Waals surface area contributed by atoms with Gasteiger partial charge in [0.2, 0.25) is 5.79 Å². The minimum atomic E-state index is -7.52. The zero-order chi connectivity index (χ0) is 38.6. The number of aromatic hydroxyl groups is 1. The third-order valence-electron chi connectivity index (χ3n) is 7.35. The Bertz CT molecular complexity index is 1840. The van der Waals surface area contributed by atoms with Gasteiger partial charge < -0.3 is 14.6 Å². The van der Waals surface area contributed by atoms with Crippen molar-refractivity contribution in [2.24, 2.45) is 0 Å². The van der Waals surface area contributed by atoms with Crippen molar-refractivity contribution in [1.82, 2.24) is 0 Å². The monoisotopic (exact) mass is 1010 g/mol. The van der Waals surface area contributed by atoms with Crippen LogP contribution in [0.4, 0.5) is 39.5 Å². The molecule has 0 radical (unpaired) electrons. The van der Waals surface area contributed by atoms with E-state index in [9.17, 15) is 44.3 Å². The van der Waals surface area contributed by atoms with E-state index in [1.807, 2.05) is 0 Å². The molecule has 4 rings (SSSR count). The standard InChI is InChI=1S/C33H27F9I2O6S2/c34-30(35,32(38,39)40)31(36,37)33(41,42)52(46,47)50-51(26-7-3-1-4-8-26,27-9-5-2-6-10-27)28-17-13-24(14-18-28)29(48-21-19-43,49-22-20-44)23-11-15-25(45)16-12-23/h1-18,45H,19-22H2. The van der Waals surface area contributed by atoms with Gasteiger partial charge in [-0.05, 0) is 71.0 Å². The summed E-state index contributed by atoms with van der Waals surface area (Å²) >= 11 is 4.11. The average Bonchev–Trinajstić information content (AvgIpc) is 3.11. The molecule has 0 aliphatic heterocycles. The molecule has 0 atom stereocenters. The van der Waals surface area contributed by atoms with E-state index in [-0.39, 0.29) is 39.2 Å². The first kappa shape index (κ1) is 42.4. The van der Waals surface area contributed by atoms with Crippen LogP contribution < -0.4 is 0 Å². The largest absolute Gasteiger partial charge is 0.508 e. The quantitative estimate of drug-likeness (QED) is 0.0521. The Labute approximate surface area is 321 Å². The molecule has 0 saturated heterocycles. The Morgan fingerprint density at radius 3 is 1.33 bits per heavy atom. The van der Waals surface area contributed by atoms with E-state index in [1.54, 1.807) is 0 Å². The fourth-order valence-electron chi connectivity index (χ4n) is 4.90. The van der Waals surface area contributed by atoms with Crippen molar-refractivity contribution < 1.29 is 66.1 Å². The van der Waals surface area contributed by atoms with Gasteiger partial charge in [-0.15, -0.1) is 0 Å². The lowest BCUT2D eigenvalue weighted by Crippen LogP contribution is -2.63. The zero-order valence-corrected chi connectivity index (χ0v) is 32.1. The van der Waals surface area contributed by atoms with E-state index in [1.165, 1.54) is 109 Å². The molecule has 1 N–H and O–H groups in total. The molecule has 0 aliphatic rings. The maximum atomic E-state index is 15.3. The van der Waals surface area contributed by atoms with Gasteiger partial charge in [0, 0.05) is 34.7 Å². The second kappa shape index (κ2) is 16.2. The zero-order valence-electron chi connectivity index (χ0n) is 26.2. The summed E-state index contributed by atoms with van der Waals surface area (Å²) in [5.74, 6) is -16.8. The first-order chi connectivity index (χ1) is 24.2. The van der Waals surface area contributed by atoms with Gasteiger partial charge in [0.05, 0.1) is 13.2 Å². The Kier molecular flexibility index (Phi) is 13.2. The molecule has 4 aromatic rings. The summed E-state index contributed by atoms with van der Waals surface area (Å²) in [6, 6.07) is 23.8. The fraction of sp³-hybridized carbons (Fsp3) is 0.273. The lowest BCUT2D eigenvalue weighted by molar-refractivity contribution is -0.382. The van der Waals surface area contributed by atoms with Gasteiger partial charge in [0.15, 0.2) is 0 Å². The third kappa shape index (κ3) is 7.77. The van der Waals surface area contributed by atoms with E-state index in [0.29, 0.717) is 14.4 Å². The molecule has 52 heavy (non-hydrogen) atoms. The lowest BCUT2D eigenvalue weighted by atomic mass is 9.96. The summed E-state index contributed by atoms with van der Waals surface area (Å²) in [5.41, 5.74) is 0.638. The second-order valence-electron chi connectivity index (χ2n) is 10.6. The minimum absolute atomic E-state index is 0.0800. The summed E-state index contributed by atoms with van der Waals surface area (Å²) in [5, 5.41) is 2.81. The van der Waals surface area contributed by atoms with Gasteiger partial charge in [-0.25, -0.2) is 3.63 Å². The molecule has 0 bridgehead atoms. The van der Waals surface area contributed by atoms with Crippen LogP contribution in [0.1, 0.15) is 11.1 Å². The molecule has 0 amide bonds. The molecule has 0 saturated carbocycles. The summed E-state index contributed by atoms with van der Waals surface area (Å²) < 4.78 is 172. The molecule has 4 aromatic carbocycles. The number of hydrogen-bond donors (Lipinski definition) is 1. The summed E-state index contributed by atoms with van der Waals surface area (Å²) in [6.45, 7) is 0.252. The normalized spacial score (nSPS) is 14.0. The summed E-state index contributed by atoms with van der Waals surface area (Å²) in [6.07, 6.45) is -7.27. The minimum Gasteiger partial charge on any atom is -0.508 e. The number of ether oxygens (including phenoxy) is 2. The van der Waals surface area contributed by atoms with E-state index >= 15 is 8.78 Å². The molecule has 0 aliphatic carbocycles. The molecule has 0 spiro atoms. The van der Waals surface area contributed by atoms with Gasteiger partial charge in [-0.3, -0.25) is 0 Å². The molecule has 19 heteroatoms. The van der Waals surface area contributed by atoms with Crippen molar-refractivity contribution in [1.29, 1.82) is 0 Å². The Hall–Kier alpha value is -2.31. The Morgan fingerprint density at radius 2 is 0.942 bits per heavy atom. The number of benzene rings is 4. The molecule has 0 fully saturated rings. The Morgan fingerprint density at radius 1 is 0.558 bits per heavy atom. The van der Waals surface area contributed by atoms with Crippen LogP contribution in [0.15, 0.2) is 124 Å². The first-order valence-electron chi connectivity index (χ1n) is 14.6. The third-order valence-corrected chi connectivity index (χ3v) is 13.5. The van der Waals surface area contributed by atoms with Crippen LogP contribution in [-0.2, 0) is 29.0 Å². The van der Waals surface area contributed by atoms with Crippen molar-refractivity contribution in [2.45, 2.75) is 43.7 Å². The second-order valence-corrected chi connectivity index (χ2v) is 17.3. The first-order valence-corrected chi connectivity index (χ1v) is 20.7. The fourth-order valence-corrected chi connectivity index (χ4v) is 10.6. The number of alkyl halides is 11. The molecule has 284 valence electrons. The number of phenolic OH excluding ortho intramolecular Hbond substituents is 1. The highest BCUT2D eigenvalue weighted by Crippen LogP contribution is 2.71. The predicted octanol–water partition coefficient (Wildman–Crippen LogP) is 10.5. The smallest absolute Gasteiger partial charge is 0.460 e. The highest BCUT2D eigenvalue weighted by Gasteiger charge is 2.86. The van der Waals surface area contributed by atoms with Crippen LogP contribution in [0, 0.1) is 0 Å². The SMILES string of the molecule is O=S(=O)(OS(c1ccccc1)(c1ccccc1)c1ccc(C(OCCI)(OCCI)c2ccc(O)cc2)cc1)C(F)(F)C(F)(F)C(F)(F)C(F)(F)F. The van der Waals surface area contributed by atoms with E-state index in [4.69, 9.17) is 13.1 Å². The van der Waals surface area contributed by atoms with Gasteiger partial charge in [-0.1, -0.05) is 93.7 Å². The van der Waals surface area contributed by atoms with E-state index in [2.05, 4.69) is 45.2 Å². The number of phenols is 1. The molecule has 6 nitrogen and oxygen atoms in total. The molecular weight excluding hydrogens is 981 g/mol. The molecular formula is C33H27F9I2O6S2. The van der Waals surface area contributed by atoms with Crippen molar-refractivity contribution >= 4 is 65.6 Å². The van der Waals surface area contributed by atoms with Crippen LogP contribution in [0.2, 0.25) is 0 Å². The predicted molar refractivity (Wildman–Crippen MR) is 191 cm³/mol. The Balaban J connectivity index is 2.02. The van der Waals surface area contributed by atoms with Gasteiger partial charge in [-0.2, -0.15) is 47.9 Å². The summed E-state index contributed by atoms with van der Waals surface area (Å²) in [4.78, 5) is -0.737. The van der Waals surface area contributed by atoms with E-state index in [0.717, 1.165) is 0 Å². The number of hydrogen-bond acceptors (Lipinski definition) is 6. The number of halogens is 11. The van der Waals surface area contributed by atoms with Crippen LogP contribution in [-0.4, -0.2) is 58.9 Å². The average molecular weight is 1010 g/mol. The maximum Gasteiger partial charge on any atom is 0.460 e. The van der Waals surface area contributed by atoms with Crippen molar-refractivity contribution in [3.05, 3.63) is 120 Å². The van der Waals surface area contributed by atoms with Crippen LogP contribution in [0.3, 0.4) is 0 Å². The van der Waals surface area contributed by atoms with Crippen LogP contribution in [0.25, 0.3) is 0 Å². The van der Waals surface area contributed by atoms with Gasteiger partial charge in [0.1, 0.15) is 5.75 Å². The number of rotatable bonds is 16. The van der Waals surface area contributed by atoms with Crippen LogP contribution in [0.5, 0.6) is 5.75 Å². The maximum absolute atomic E-state index is 15.3. The topological polar surface area (TPSA) is 82.1 Å². The van der Waals surface area contributed by atoms with Crippen molar-refractivity contribution in [3.8, 4) is 5.75 Å². The highest BCUT2D eigenvalue weighted by molar-refractivity contribution is 14.1. The molecule has 0 aromatic heterocycles. The van der Waals surface area contributed by atoms with E-state index < -0.39 is 49.5 Å². The molecule has 0 heterocycles. The van der Waals surface area contributed by atoms with Crippen LogP contribution >= 0.6 is 55.5 Å². The molecule has 0 unspecified atom stereocenters. The summed E-state index contributed by atoms with van der Waals surface area (Å²) in [7, 11) is -11.6. The van der Waals surface area contributed by atoms with Gasteiger partial charge >= 0.3 is 33.4 Å². The van der Waals surface area contributed by atoms with Crippen molar-refractivity contribution in [3.63, 3.8) is 0 Å². The highest BCUT2D eigenvalue weighted by atomic mass is 127. The van der Waals surface area contributed by atoms with Gasteiger partial charge in [0.25, 0.3) is 0 Å².